The Balaban J connectivity index is 2.36. The molecule has 3 nitrogen and oxygen atoms in total. The van der Waals surface area contributed by atoms with Gasteiger partial charge in [0.1, 0.15) is 0 Å². The molecule has 0 aliphatic carbocycles. The summed E-state index contributed by atoms with van der Waals surface area (Å²) in [6.45, 7) is 8.73. The molecule has 0 radical (unpaired) electrons. The number of carbonyl (C=O) groups is 1. The van der Waals surface area contributed by atoms with Crippen molar-refractivity contribution in [2.75, 3.05) is 6.54 Å². The topological polar surface area (TPSA) is 42.0 Å². The van der Waals surface area contributed by atoms with Crippen molar-refractivity contribution < 1.29 is 4.79 Å². The Kier molecular flexibility index (Phi) is 4.93. The second-order valence-electron chi connectivity index (χ2n) is 4.09. The molecule has 1 atom stereocenters. The molecule has 1 aromatic heterocycles. The van der Waals surface area contributed by atoms with Crippen molar-refractivity contribution in [1.29, 1.82) is 0 Å². The van der Waals surface area contributed by atoms with E-state index in [1.165, 1.54) is 4.88 Å². The lowest BCUT2D eigenvalue weighted by molar-refractivity contribution is -0.124. The third-order valence-corrected chi connectivity index (χ3v) is 3.84. The first-order valence-corrected chi connectivity index (χ1v) is 6.56. The molecule has 1 N–H and O–H groups in total. The van der Waals surface area contributed by atoms with Crippen LogP contribution in [0, 0.1) is 19.8 Å². The summed E-state index contributed by atoms with van der Waals surface area (Å²) in [6, 6.07) is 0. The average Bonchev–Trinajstić information content (AvgIpc) is 2.56. The molecule has 0 unspecified atom stereocenters. The number of aromatic nitrogens is 1. The van der Waals surface area contributed by atoms with E-state index in [0.717, 1.165) is 23.5 Å². The van der Waals surface area contributed by atoms with Crippen LogP contribution in [0.4, 0.5) is 0 Å². The summed E-state index contributed by atoms with van der Waals surface area (Å²) >= 11 is 1.72. The van der Waals surface area contributed by atoms with Crippen LogP contribution in [0.5, 0.6) is 0 Å². The Morgan fingerprint density at radius 3 is 2.69 bits per heavy atom. The van der Waals surface area contributed by atoms with Crippen LogP contribution in [-0.4, -0.2) is 17.4 Å². The minimum atomic E-state index is 0.115. The van der Waals surface area contributed by atoms with Crippen molar-refractivity contribution in [1.82, 2.24) is 10.3 Å². The molecule has 4 heteroatoms. The number of rotatable bonds is 5. The first-order valence-electron chi connectivity index (χ1n) is 5.75. The maximum atomic E-state index is 11.5. The first kappa shape index (κ1) is 13.2. The zero-order valence-corrected chi connectivity index (χ0v) is 11.3. The maximum absolute atomic E-state index is 11.5. The van der Waals surface area contributed by atoms with E-state index in [1.807, 2.05) is 27.7 Å². The van der Waals surface area contributed by atoms with E-state index in [9.17, 15) is 4.79 Å². The van der Waals surface area contributed by atoms with Crippen molar-refractivity contribution in [3.8, 4) is 0 Å². The number of nitrogens with zero attached hydrogens (tertiary/aromatic N) is 1. The van der Waals surface area contributed by atoms with Gasteiger partial charge in [-0.05, 0) is 20.3 Å². The van der Waals surface area contributed by atoms with E-state index in [4.69, 9.17) is 0 Å². The molecule has 1 rings (SSSR count). The van der Waals surface area contributed by atoms with Gasteiger partial charge in [0, 0.05) is 23.8 Å². The molecular formula is C12H20N2OS. The number of hydrogen-bond donors (Lipinski definition) is 1. The predicted octanol–water partition coefficient (Wildman–Crippen LogP) is 2.46. The molecule has 0 saturated carbocycles. The van der Waals surface area contributed by atoms with Gasteiger partial charge in [-0.2, -0.15) is 0 Å². The fraction of sp³-hybridized carbons (Fsp3) is 0.667. The van der Waals surface area contributed by atoms with E-state index < -0.39 is 0 Å². The second-order valence-corrected chi connectivity index (χ2v) is 5.38. The van der Waals surface area contributed by atoms with E-state index in [0.29, 0.717) is 6.54 Å². The molecule has 0 saturated heterocycles. The molecule has 1 heterocycles. The normalized spacial score (nSPS) is 12.5. The van der Waals surface area contributed by atoms with Crippen LogP contribution in [0.25, 0.3) is 0 Å². The summed E-state index contributed by atoms with van der Waals surface area (Å²) in [5.41, 5.74) is 1.10. The monoisotopic (exact) mass is 240 g/mol. The standard InChI is InChI=1S/C12H20N2OS/c1-5-8(2)12(15)13-7-6-11-9(3)14-10(4)16-11/h8H,5-7H2,1-4H3,(H,13,15)/t8-/m1/s1. The maximum Gasteiger partial charge on any atom is 0.222 e. The van der Waals surface area contributed by atoms with Crippen molar-refractivity contribution >= 4 is 17.2 Å². The average molecular weight is 240 g/mol. The lowest BCUT2D eigenvalue weighted by Crippen LogP contribution is -2.30. The molecule has 0 bridgehead atoms. The van der Waals surface area contributed by atoms with Crippen molar-refractivity contribution in [2.24, 2.45) is 5.92 Å². The van der Waals surface area contributed by atoms with Gasteiger partial charge >= 0.3 is 0 Å². The van der Waals surface area contributed by atoms with Gasteiger partial charge in [-0.25, -0.2) is 4.98 Å². The minimum absolute atomic E-state index is 0.115. The molecule has 0 aliphatic heterocycles. The van der Waals surface area contributed by atoms with Gasteiger partial charge in [-0.15, -0.1) is 11.3 Å². The van der Waals surface area contributed by atoms with Gasteiger partial charge in [0.25, 0.3) is 0 Å². The van der Waals surface area contributed by atoms with E-state index in [2.05, 4.69) is 10.3 Å². The van der Waals surface area contributed by atoms with E-state index >= 15 is 0 Å². The number of hydrogen-bond acceptors (Lipinski definition) is 3. The lowest BCUT2D eigenvalue weighted by Gasteiger charge is -2.09. The fourth-order valence-electron chi connectivity index (χ4n) is 1.46. The summed E-state index contributed by atoms with van der Waals surface area (Å²) in [6.07, 6.45) is 1.78. The van der Waals surface area contributed by atoms with Crippen LogP contribution in [0.3, 0.4) is 0 Å². The molecule has 1 amide bonds. The van der Waals surface area contributed by atoms with Crippen molar-refractivity contribution in [2.45, 2.75) is 40.5 Å². The Bertz CT molecular complexity index is 360. The number of nitrogens with one attached hydrogen (secondary N) is 1. The van der Waals surface area contributed by atoms with E-state index in [-0.39, 0.29) is 11.8 Å². The Morgan fingerprint density at radius 2 is 2.19 bits per heavy atom. The molecule has 0 aliphatic rings. The summed E-state index contributed by atoms with van der Waals surface area (Å²) in [7, 11) is 0. The number of aryl methyl sites for hydroxylation is 2. The van der Waals surface area contributed by atoms with Crippen LogP contribution in [0.2, 0.25) is 0 Å². The molecule has 0 aromatic carbocycles. The summed E-state index contributed by atoms with van der Waals surface area (Å²) in [4.78, 5) is 17.2. The van der Waals surface area contributed by atoms with Crippen LogP contribution in [0.15, 0.2) is 0 Å². The van der Waals surface area contributed by atoms with Gasteiger partial charge in [0.2, 0.25) is 5.91 Å². The quantitative estimate of drug-likeness (QED) is 0.859. The Labute approximate surface area is 101 Å². The smallest absolute Gasteiger partial charge is 0.222 e. The highest BCUT2D eigenvalue weighted by molar-refractivity contribution is 7.11. The highest BCUT2D eigenvalue weighted by atomic mass is 32.1. The van der Waals surface area contributed by atoms with Gasteiger partial charge < -0.3 is 5.32 Å². The largest absolute Gasteiger partial charge is 0.356 e. The third kappa shape index (κ3) is 3.59. The van der Waals surface area contributed by atoms with Crippen LogP contribution >= 0.6 is 11.3 Å². The fourth-order valence-corrected chi connectivity index (χ4v) is 2.40. The predicted molar refractivity (Wildman–Crippen MR) is 67.8 cm³/mol. The first-order chi connectivity index (χ1) is 7.54. The summed E-state index contributed by atoms with van der Waals surface area (Å²) < 4.78 is 0. The highest BCUT2D eigenvalue weighted by Crippen LogP contribution is 2.17. The molecule has 0 spiro atoms. The molecule has 1 aromatic rings. The second kappa shape index (κ2) is 5.99. The summed E-state index contributed by atoms with van der Waals surface area (Å²) in [5.74, 6) is 0.269. The highest BCUT2D eigenvalue weighted by Gasteiger charge is 2.10. The molecule has 90 valence electrons. The zero-order valence-electron chi connectivity index (χ0n) is 10.5. The van der Waals surface area contributed by atoms with Crippen LogP contribution in [-0.2, 0) is 11.2 Å². The Morgan fingerprint density at radius 1 is 1.50 bits per heavy atom. The lowest BCUT2D eigenvalue weighted by atomic mass is 10.1. The number of carbonyl (C=O) groups excluding carboxylic acids is 1. The van der Waals surface area contributed by atoms with Gasteiger partial charge in [-0.1, -0.05) is 13.8 Å². The SMILES string of the molecule is CC[C@@H](C)C(=O)NCCc1sc(C)nc1C. The van der Waals surface area contributed by atoms with Crippen molar-refractivity contribution in [3.63, 3.8) is 0 Å². The third-order valence-electron chi connectivity index (χ3n) is 2.71. The molecular weight excluding hydrogens is 220 g/mol. The van der Waals surface area contributed by atoms with Crippen LogP contribution < -0.4 is 5.32 Å². The molecule has 16 heavy (non-hydrogen) atoms. The minimum Gasteiger partial charge on any atom is -0.356 e. The number of thiazole rings is 1. The summed E-state index contributed by atoms with van der Waals surface area (Å²) in [5, 5.41) is 4.06. The van der Waals surface area contributed by atoms with Gasteiger partial charge in [-0.3, -0.25) is 4.79 Å². The molecule has 0 fully saturated rings. The van der Waals surface area contributed by atoms with Crippen molar-refractivity contribution in [3.05, 3.63) is 15.6 Å². The van der Waals surface area contributed by atoms with E-state index in [1.54, 1.807) is 11.3 Å². The zero-order chi connectivity index (χ0) is 12.1. The van der Waals surface area contributed by atoms with Gasteiger partial charge in [0.15, 0.2) is 0 Å². The van der Waals surface area contributed by atoms with Crippen LogP contribution in [0.1, 0.15) is 35.8 Å². The Hall–Kier alpha value is -0.900. The van der Waals surface area contributed by atoms with Gasteiger partial charge in [0.05, 0.1) is 10.7 Å². The number of amides is 1.